The van der Waals surface area contributed by atoms with Crippen molar-refractivity contribution in [1.29, 1.82) is 0 Å². The number of nitrogens with two attached hydrogens (primary N) is 1. The predicted molar refractivity (Wildman–Crippen MR) is 91.0 cm³/mol. The molecule has 12 heteroatoms. The fourth-order valence-corrected chi connectivity index (χ4v) is 2.89. The molecule has 0 amide bonds. The average molecular weight is 379 g/mol. The van der Waals surface area contributed by atoms with Crippen molar-refractivity contribution in [1.82, 2.24) is 9.97 Å². The van der Waals surface area contributed by atoms with Gasteiger partial charge >= 0.3 is 5.97 Å². The van der Waals surface area contributed by atoms with Crippen molar-refractivity contribution in [2.24, 2.45) is 0 Å². The number of nitro groups is 2. The maximum atomic E-state index is 11.7. The molecule has 0 radical (unpaired) electrons. The van der Waals surface area contributed by atoms with E-state index in [0.717, 1.165) is 24.0 Å². The molecular formula is C14H13N5O6S. The van der Waals surface area contributed by atoms with Crippen LogP contribution in [0.3, 0.4) is 0 Å². The minimum atomic E-state index is -0.724. The molecule has 1 heterocycles. The van der Waals surface area contributed by atoms with Crippen molar-refractivity contribution in [3.8, 4) is 0 Å². The quantitative estimate of drug-likeness (QED) is 0.341. The Kier molecular flexibility index (Phi) is 5.67. The summed E-state index contributed by atoms with van der Waals surface area (Å²) in [5.74, 6) is -0.817. The van der Waals surface area contributed by atoms with Crippen LogP contribution in [-0.2, 0) is 4.74 Å². The number of aryl methyl sites for hydroxylation is 1. The van der Waals surface area contributed by atoms with Gasteiger partial charge in [-0.1, -0.05) is 0 Å². The summed E-state index contributed by atoms with van der Waals surface area (Å²) >= 11 is 0.819. The van der Waals surface area contributed by atoms with Crippen LogP contribution in [0, 0.1) is 27.2 Å². The highest BCUT2D eigenvalue weighted by Crippen LogP contribution is 2.38. The minimum absolute atomic E-state index is 0.0221. The number of ether oxygens (including phenoxy) is 1. The van der Waals surface area contributed by atoms with Gasteiger partial charge < -0.3 is 10.5 Å². The monoisotopic (exact) mass is 379 g/mol. The Morgan fingerprint density at radius 2 is 2.00 bits per heavy atom. The van der Waals surface area contributed by atoms with E-state index in [1.54, 1.807) is 6.92 Å². The highest BCUT2D eigenvalue weighted by Gasteiger charge is 2.24. The fraction of sp³-hybridized carbons (Fsp3) is 0.214. The first-order valence-corrected chi connectivity index (χ1v) is 7.97. The molecule has 0 unspecified atom stereocenters. The predicted octanol–water partition coefficient (Wildman–Crippen LogP) is 2.51. The fourth-order valence-electron chi connectivity index (χ4n) is 2.00. The van der Waals surface area contributed by atoms with E-state index in [9.17, 15) is 25.0 Å². The molecule has 136 valence electrons. The van der Waals surface area contributed by atoms with E-state index in [-0.39, 0.29) is 28.0 Å². The standard InChI is InChI=1S/C14H13N5O6S/c1-3-25-13(20)9-6-16-14(17-12(9)15)26-11-7(2)4-8(18(21)22)5-10(11)19(23)24/h4-6H,3H2,1-2H3,(H2,15,16,17). The summed E-state index contributed by atoms with van der Waals surface area (Å²) in [6, 6.07) is 2.08. The Bertz CT molecular complexity index is 904. The van der Waals surface area contributed by atoms with E-state index in [1.165, 1.54) is 13.0 Å². The van der Waals surface area contributed by atoms with Gasteiger partial charge in [0.2, 0.25) is 0 Å². The van der Waals surface area contributed by atoms with Gasteiger partial charge in [-0.25, -0.2) is 14.8 Å². The SMILES string of the molecule is CCOC(=O)c1cnc(Sc2c(C)cc([N+](=O)[O-])cc2[N+](=O)[O-])nc1N. The Balaban J connectivity index is 2.42. The van der Waals surface area contributed by atoms with Crippen molar-refractivity contribution in [2.45, 2.75) is 23.9 Å². The van der Waals surface area contributed by atoms with Crippen molar-refractivity contribution < 1.29 is 19.4 Å². The highest BCUT2D eigenvalue weighted by atomic mass is 32.2. The number of aromatic nitrogens is 2. The molecule has 0 saturated heterocycles. The Morgan fingerprint density at radius 1 is 1.31 bits per heavy atom. The number of anilines is 1. The average Bonchev–Trinajstić information content (AvgIpc) is 2.56. The van der Waals surface area contributed by atoms with Gasteiger partial charge in [-0.2, -0.15) is 0 Å². The number of hydrogen-bond donors (Lipinski definition) is 1. The summed E-state index contributed by atoms with van der Waals surface area (Å²) in [4.78, 5) is 40.4. The minimum Gasteiger partial charge on any atom is -0.462 e. The molecule has 0 atom stereocenters. The molecule has 0 bridgehead atoms. The second-order valence-electron chi connectivity index (χ2n) is 4.90. The number of nitro benzene ring substituents is 2. The number of non-ortho nitro benzene ring substituents is 1. The van der Waals surface area contributed by atoms with E-state index >= 15 is 0 Å². The summed E-state index contributed by atoms with van der Waals surface area (Å²) in [5.41, 5.74) is 5.17. The molecular weight excluding hydrogens is 366 g/mol. The smallest absolute Gasteiger partial charge is 0.343 e. The number of benzene rings is 1. The lowest BCUT2D eigenvalue weighted by Crippen LogP contribution is -2.10. The lowest BCUT2D eigenvalue weighted by Gasteiger charge is -2.08. The van der Waals surface area contributed by atoms with Crippen LogP contribution >= 0.6 is 11.8 Å². The Morgan fingerprint density at radius 3 is 2.54 bits per heavy atom. The largest absolute Gasteiger partial charge is 0.462 e. The molecule has 1 aromatic carbocycles. The third kappa shape index (κ3) is 4.03. The number of carbonyl (C=O) groups excluding carboxylic acids is 1. The van der Waals surface area contributed by atoms with Gasteiger partial charge in [-0.15, -0.1) is 0 Å². The van der Waals surface area contributed by atoms with E-state index in [0.29, 0.717) is 5.56 Å². The molecule has 0 aliphatic carbocycles. The number of nitrogen functional groups attached to an aromatic ring is 1. The first kappa shape index (κ1) is 19.1. The van der Waals surface area contributed by atoms with Gasteiger partial charge in [-0.3, -0.25) is 20.2 Å². The van der Waals surface area contributed by atoms with Crippen LogP contribution < -0.4 is 5.73 Å². The zero-order valence-corrected chi connectivity index (χ0v) is 14.5. The molecule has 11 nitrogen and oxygen atoms in total. The normalized spacial score (nSPS) is 10.4. The summed E-state index contributed by atoms with van der Waals surface area (Å²) in [6.07, 6.45) is 1.16. The molecule has 26 heavy (non-hydrogen) atoms. The van der Waals surface area contributed by atoms with Crippen molar-refractivity contribution in [3.63, 3.8) is 0 Å². The Hall–Kier alpha value is -3.28. The van der Waals surface area contributed by atoms with Gasteiger partial charge in [0.15, 0.2) is 5.16 Å². The third-order valence-corrected chi connectivity index (χ3v) is 4.25. The van der Waals surface area contributed by atoms with E-state index < -0.39 is 27.2 Å². The first-order chi connectivity index (χ1) is 12.2. The van der Waals surface area contributed by atoms with Crippen LogP contribution in [-0.4, -0.2) is 32.4 Å². The molecule has 2 N–H and O–H groups in total. The van der Waals surface area contributed by atoms with Crippen molar-refractivity contribution >= 4 is 34.9 Å². The molecule has 0 aliphatic heterocycles. The van der Waals surface area contributed by atoms with Crippen molar-refractivity contribution in [2.75, 3.05) is 12.3 Å². The van der Waals surface area contributed by atoms with Gasteiger partial charge in [-0.05, 0) is 31.2 Å². The maximum absolute atomic E-state index is 11.7. The summed E-state index contributed by atoms with van der Waals surface area (Å²) in [6.45, 7) is 3.29. The molecule has 0 aliphatic rings. The lowest BCUT2D eigenvalue weighted by atomic mass is 10.2. The zero-order chi connectivity index (χ0) is 19.4. The van der Waals surface area contributed by atoms with Crippen LogP contribution in [0.15, 0.2) is 28.4 Å². The molecule has 2 aromatic rings. The van der Waals surface area contributed by atoms with Gasteiger partial charge in [0.05, 0.1) is 27.4 Å². The third-order valence-electron chi connectivity index (χ3n) is 3.13. The van der Waals surface area contributed by atoms with Crippen LogP contribution in [0.4, 0.5) is 17.2 Å². The second kappa shape index (κ2) is 7.74. The second-order valence-corrected chi connectivity index (χ2v) is 5.88. The number of hydrogen-bond acceptors (Lipinski definition) is 10. The topological polar surface area (TPSA) is 164 Å². The van der Waals surface area contributed by atoms with Crippen LogP contribution in [0.2, 0.25) is 0 Å². The van der Waals surface area contributed by atoms with Crippen LogP contribution in [0.25, 0.3) is 0 Å². The van der Waals surface area contributed by atoms with Crippen LogP contribution in [0.5, 0.6) is 0 Å². The number of carbonyl (C=O) groups is 1. The van der Waals surface area contributed by atoms with Gasteiger partial charge in [0.1, 0.15) is 11.4 Å². The Labute approximate surface area is 150 Å². The van der Waals surface area contributed by atoms with E-state index in [4.69, 9.17) is 10.5 Å². The van der Waals surface area contributed by atoms with E-state index in [1.807, 2.05) is 0 Å². The summed E-state index contributed by atoms with van der Waals surface area (Å²) in [7, 11) is 0. The first-order valence-electron chi connectivity index (χ1n) is 7.15. The molecule has 0 fully saturated rings. The number of rotatable bonds is 6. The molecule has 0 spiro atoms. The number of esters is 1. The summed E-state index contributed by atoms with van der Waals surface area (Å²) < 4.78 is 4.81. The molecule has 1 aromatic heterocycles. The zero-order valence-electron chi connectivity index (χ0n) is 13.7. The number of nitrogens with zero attached hydrogens (tertiary/aromatic N) is 4. The lowest BCUT2D eigenvalue weighted by molar-refractivity contribution is -0.396. The van der Waals surface area contributed by atoms with Crippen LogP contribution in [0.1, 0.15) is 22.8 Å². The molecule has 0 saturated carbocycles. The maximum Gasteiger partial charge on any atom is 0.343 e. The highest BCUT2D eigenvalue weighted by molar-refractivity contribution is 7.99. The van der Waals surface area contributed by atoms with Crippen molar-refractivity contribution in [3.05, 3.63) is 49.7 Å². The summed E-state index contributed by atoms with van der Waals surface area (Å²) in [5, 5.41) is 22.2. The molecule has 2 rings (SSSR count). The van der Waals surface area contributed by atoms with Gasteiger partial charge in [0.25, 0.3) is 11.4 Å². The van der Waals surface area contributed by atoms with Gasteiger partial charge in [0, 0.05) is 12.3 Å². The van der Waals surface area contributed by atoms with E-state index in [2.05, 4.69) is 9.97 Å².